The van der Waals surface area contributed by atoms with Crippen LogP contribution >= 0.6 is 0 Å². The Hall–Kier alpha value is -2.69. The average Bonchev–Trinajstić information content (AvgIpc) is 2.56. The Balaban J connectivity index is 1.97. The molecule has 0 bridgehead atoms. The van der Waals surface area contributed by atoms with Crippen LogP contribution in [0.15, 0.2) is 48.8 Å². The molecule has 0 radical (unpaired) electrons. The lowest BCUT2D eigenvalue weighted by Gasteiger charge is -2.10. The minimum atomic E-state index is -0.227. The minimum Gasteiger partial charge on any atom is -0.469 e. The number of pyridine rings is 1. The largest absolute Gasteiger partial charge is 0.469 e. The summed E-state index contributed by atoms with van der Waals surface area (Å²) in [6.45, 7) is 1.82. The van der Waals surface area contributed by atoms with E-state index in [2.05, 4.69) is 10.3 Å². The van der Waals surface area contributed by atoms with E-state index in [0.717, 1.165) is 5.56 Å². The highest BCUT2D eigenvalue weighted by Gasteiger charge is 2.13. The molecule has 1 atom stereocenters. The number of carbonyl (C=O) groups excluding carboxylic acids is 2. The molecule has 0 saturated heterocycles. The Morgan fingerprint density at radius 2 is 1.77 bits per heavy atom. The van der Waals surface area contributed by atoms with Crippen LogP contribution in [0, 0.1) is 5.92 Å². The van der Waals surface area contributed by atoms with E-state index in [0.29, 0.717) is 17.7 Å². The predicted molar refractivity (Wildman–Crippen MR) is 83.5 cm³/mol. The maximum absolute atomic E-state index is 12.0. The molecular weight excluding hydrogens is 280 g/mol. The third kappa shape index (κ3) is 4.15. The number of benzene rings is 1. The number of anilines is 1. The number of ether oxygens (including phenoxy) is 1. The van der Waals surface area contributed by atoms with E-state index in [-0.39, 0.29) is 17.8 Å². The molecule has 114 valence electrons. The van der Waals surface area contributed by atoms with E-state index in [4.69, 9.17) is 4.74 Å². The van der Waals surface area contributed by atoms with Crippen molar-refractivity contribution in [2.75, 3.05) is 12.4 Å². The van der Waals surface area contributed by atoms with Crippen LogP contribution in [-0.2, 0) is 16.0 Å². The van der Waals surface area contributed by atoms with Crippen LogP contribution in [0.2, 0.25) is 0 Å². The van der Waals surface area contributed by atoms with Gasteiger partial charge in [-0.15, -0.1) is 0 Å². The zero-order valence-electron chi connectivity index (χ0n) is 12.6. The van der Waals surface area contributed by atoms with Gasteiger partial charge in [0.2, 0.25) is 0 Å². The third-order valence-corrected chi connectivity index (χ3v) is 3.30. The quantitative estimate of drug-likeness (QED) is 0.862. The highest BCUT2D eigenvalue weighted by Crippen LogP contribution is 2.15. The van der Waals surface area contributed by atoms with E-state index in [1.807, 2.05) is 31.2 Å². The standard InChI is InChI=1S/C17H18N2O3/c1-12(17(21)22-2)11-13-3-5-15(6-4-13)19-16(20)14-7-9-18-10-8-14/h3-10,12H,11H2,1-2H3,(H,19,20). The number of hydrogen-bond donors (Lipinski definition) is 1. The number of methoxy groups -OCH3 is 1. The molecule has 22 heavy (non-hydrogen) atoms. The SMILES string of the molecule is COC(=O)C(C)Cc1ccc(NC(=O)c2ccncc2)cc1. The maximum Gasteiger partial charge on any atom is 0.308 e. The van der Waals surface area contributed by atoms with E-state index in [9.17, 15) is 9.59 Å². The Labute approximate surface area is 129 Å². The summed E-state index contributed by atoms with van der Waals surface area (Å²) in [6, 6.07) is 10.7. The molecule has 0 fully saturated rings. The van der Waals surface area contributed by atoms with Crippen molar-refractivity contribution in [2.45, 2.75) is 13.3 Å². The van der Waals surface area contributed by atoms with Gasteiger partial charge in [0.25, 0.3) is 5.91 Å². The average molecular weight is 298 g/mol. The number of rotatable bonds is 5. The first kappa shape index (κ1) is 15.7. The van der Waals surface area contributed by atoms with E-state index >= 15 is 0 Å². The molecule has 0 aliphatic rings. The molecule has 1 heterocycles. The second-order valence-corrected chi connectivity index (χ2v) is 5.02. The first-order valence-corrected chi connectivity index (χ1v) is 6.98. The van der Waals surface area contributed by atoms with Crippen LogP contribution < -0.4 is 5.32 Å². The van der Waals surface area contributed by atoms with Gasteiger partial charge in [-0.3, -0.25) is 14.6 Å². The molecular formula is C17H18N2O3. The zero-order chi connectivity index (χ0) is 15.9. The first-order valence-electron chi connectivity index (χ1n) is 6.98. The van der Waals surface area contributed by atoms with Gasteiger partial charge in [0.15, 0.2) is 0 Å². The highest BCUT2D eigenvalue weighted by molar-refractivity contribution is 6.04. The lowest BCUT2D eigenvalue weighted by molar-refractivity contribution is -0.144. The molecule has 0 saturated carbocycles. The van der Waals surface area contributed by atoms with Gasteiger partial charge in [-0.05, 0) is 36.2 Å². The second kappa shape index (κ2) is 7.36. The molecule has 1 aromatic heterocycles. The maximum atomic E-state index is 12.0. The number of hydrogen-bond acceptors (Lipinski definition) is 4. The van der Waals surface area contributed by atoms with Gasteiger partial charge in [-0.2, -0.15) is 0 Å². The number of esters is 1. The number of nitrogens with zero attached hydrogens (tertiary/aromatic N) is 1. The molecule has 0 spiro atoms. The molecule has 1 N–H and O–H groups in total. The number of carbonyl (C=O) groups is 2. The molecule has 0 aliphatic carbocycles. The molecule has 5 heteroatoms. The van der Waals surface area contributed by atoms with Gasteiger partial charge in [-0.25, -0.2) is 0 Å². The molecule has 0 aliphatic heterocycles. The summed E-state index contributed by atoms with van der Waals surface area (Å²) in [7, 11) is 1.39. The fraction of sp³-hybridized carbons (Fsp3) is 0.235. The minimum absolute atomic E-state index is 0.182. The van der Waals surface area contributed by atoms with E-state index in [1.54, 1.807) is 24.5 Å². The van der Waals surface area contributed by atoms with Gasteiger partial charge in [0.1, 0.15) is 0 Å². The molecule has 1 unspecified atom stereocenters. The normalized spacial score (nSPS) is 11.5. The number of aromatic nitrogens is 1. The van der Waals surface area contributed by atoms with Gasteiger partial charge in [0, 0.05) is 23.6 Å². The van der Waals surface area contributed by atoms with E-state index in [1.165, 1.54) is 7.11 Å². The summed E-state index contributed by atoms with van der Waals surface area (Å²) in [5.41, 5.74) is 2.27. The van der Waals surface area contributed by atoms with Gasteiger partial charge in [0.05, 0.1) is 13.0 Å². The van der Waals surface area contributed by atoms with Crippen molar-refractivity contribution in [2.24, 2.45) is 5.92 Å². The summed E-state index contributed by atoms with van der Waals surface area (Å²) in [4.78, 5) is 27.3. The fourth-order valence-electron chi connectivity index (χ4n) is 2.07. The van der Waals surface area contributed by atoms with Gasteiger partial charge >= 0.3 is 5.97 Å². The Bertz CT molecular complexity index is 639. The van der Waals surface area contributed by atoms with Crippen LogP contribution in [0.3, 0.4) is 0 Å². The van der Waals surface area contributed by atoms with Crippen molar-refractivity contribution in [3.05, 3.63) is 59.9 Å². The summed E-state index contributed by atoms with van der Waals surface area (Å²) in [5, 5.41) is 2.81. The first-order chi connectivity index (χ1) is 10.6. The summed E-state index contributed by atoms with van der Waals surface area (Å²) >= 11 is 0. The smallest absolute Gasteiger partial charge is 0.308 e. The van der Waals surface area contributed by atoms with Gasteiger partial charge < -0.3 is 10.1 Å². The van der Waals surface area contributed by atoms with Gasteiger partial charge in [-0.1, -0.05) is 19.1 Å². The topological polar surface area (TPSA) is 68.3 Å². The van der Waals surface area contributed by atoms with Crippen LogP contribution in [0.4, 0.5) is 5.69 Å². The summed E-state index contributed by atoms with van der Waals surface area (Å²) < 4.78 is 4.71. The molecule has 1 amide bonds. The van der Waals surface area contributed by atoms with Crippen LogP contribution in [0.5, 0.6) is 0 Å². The summed E-state index contributed by atoms with van der Waals surface area (Å²) in [5.74, 6) is -0.601. The lowest BCUT2D eigenvalue weighted by Crippen LogP contribution is -2.15. The number of nitrogens with one attached hydrogen (secondary N) is 1. The molecule has 2 aromatic rings. The van der Waals surface area contributed by atoms with Crippen molar-refractivity contribution >= 4 is 17.6 Å². The van der Waals surface area contributed by atoms with E-state index < -0.39 is 0 Å². The lowest BCUT2D eigenvalue weighted by atomic mass is 10.0. The molecule has 5 nitrogen and oxygen atoms in total. The van der Waals surface area contributed by atoms with Crippen molar-refractivity contribution < 1.29 is 14.3 Å². The van der Waals surface area contributed by atoms with Crippen molar-refractivity contribution in [1.29, 1.82) is 0 Å². The summed E-state index contributed by atoms with van der Waals surface area (Å²) in [6.07, 6.45) is 3.75. The number of amides is 1. The molecule has 2 rings (SSSR count). The Kier molecular flexibility index (Phi) is 5.25. The van der Waals surface area contributed by atoms with Crippen molar-refractivity contribution in [3.8, 4) is 0 Å². The van der Waals surface area contributed by atoms with Crippen molar-refractivity contribution in [3.63, 3.8) is 0 Å². The Morgan fingerprint density at radius 3 is 2.36 bits per heavy atom. The fourth-order valence-corrected chi connectivity index (χ4v) is 2.07. The molecule has 1 aromatic carbocycles. The highest BCUT2D eigenvalue weighted by atomic mass is 16.5. The Morgan fingerprint density at radius 1 is 1.14 bits per heavy atom. The van der Waals surface area contributed by atoms with Crippen LogP contribution in [0.25, 0.3) is 0 Å². The monoisotopic (exact) mass is 298 g/mol. The second-order valence-electron chi connectivity index (χ2n) is 5.02. The van der Waals surface area contributed by atoms with Crippen LogP contribution in [0.1, 0.15) is 22.8 Å². The van der Waals surface area contributed by atoms with Crippen LogP contribution in [-0.4, -0.2) is 24.0 Å². The van der Waals surface area contributed by atoms with Crippen molar-refractivity contribution in [1.82, 2.24) is 4.98 Å². The third-order valence-electron chi connectivity index (χ3n) is 3.30. The predicted octanol–water partition coefficient (Wildman–Crippen LogP) is 2.69. The zero-order valence-corrected chi connectivity index (χ0v) is 12.6.